The molecule has 0 radical (unpaired) electrons. The molecule has 0 bridgehead atoms. The fourth-order valence-corrected chi connectivity index (χ4v) is 6.48. The first-order chi connectivity index (χ1) is 25.4. The molecule has 2 atom stereocenters. The molecule has 0 saturated heterocycles. The Bertz CT molecular complexity index is 874. The second kappa shape index (κ2) is 40.0. The second-order valence-corrected chi connectivity index (χ2v) is 15.1. The van der Waals surface area contributed by atoms with Crippen molar-refractivity contribution in [1.82, 2.24) is 10.6 Å². The van der Waals surface area contributed by atoms with Gasteiger partial charge in [-0.15, -0.1) is 0 Å². The van der Waals surface area contributed by atoms with Crippen molar-refractivity contribution >= 4 is 17.8 Å². The lowest BCUT2D eigenvalue weighted by Gasteiger charge is -2.22. The van der Waals surface area contributed by atoms with Crippen LogP contribution in [0.4, 0.5) is 0 Å². The van der Waals surface area contributed by atoms with Crippen LogP contribution in [0.1, 0.15) is 226 Å². The molecule has 0 unspecified atom stereocenters. The van der Waals surface area contributed by atoms with E-state index >= 15 is 0 Å². The molecular weight excluding hydrogens is 649 g/mol. The lowest BCUT2D eigenvalue weighted by molar-refractivity contribution is -0.157. The first-order valence-electron chi connectivity index (χ1n) is 22.1. The van der Waals surface area contributed by atoms with E-state index in [0.717, 1.165) is 38.5 Å². The number of hydrogen-bond acceptors (Lipinski definition) is 5. The molecule has 52 heavy (non-hydrogen) atoms. The number of aliphatic hydroxyl groups excluding tert-OH is 1. The Morgan fingerprint density at radius 2 is 0.904 bits per heavy atom. The van der Waals surface area contributed by atoms with Crippen LogP contribution < -0.4 is 10.6 Å². The molecule has 0 aliphatic rings. The highest BCUT2D eigenvalue weighted by Gasteiger charge is 2.23. The van der Waals surface area contributed by atoms with Gasteiger partial charge >= 0.3 is 5.97 Å². The van der Waals surface area contributed by atoms with E-state index in [1.54, 1.807) is 6.08 Å². The maximum Gasteiger partial charge on any atom is 0.327 e. The predicted octanol–water partition coefficient (Wildman–Crippen LogP) is 12.1. The number of unbranched alkanes of at least 4 members (excludes halogenated alkanes) is 28. The highest BCUT2D eigenvalue weighted by Crippen LogP contribution is 2.15. The minimum atomic E-state index is -1.19. The zero-order valence-electron chi connectivity index (χ0n) is 34.4. The van der Waals surface area contributed by atoms with Crippen LogP contribution >= 0.6 is 0 Å². The summed E-state index contributed by atoms with van der Waals surface area (Å²) in [6, 6.07) is 0. The summed E-state index contributed by atoms with van der Waals surface area (Å²) in [7, 11) is 0. The summed E-state index contributed by atoms with van der Waals surface area (Å²) in [6.07, 6.45) is 45.1. The first kappa shape index (κ1) is 49.9. The van der Waals surface area contributed by atoms with Crippen molar-refractivity contribution in [3.05, 3.63) is 24.3 Å². The Hall–Kier alpha value is -2.15. The van der Waals surface area contributed by atoms with E-state index < -0.39 is 18.3 Å². The molecule has 7 heteroatoms. The van der Waals surface area contributed by atoms with E-state index in [0.29, 0.717) is 6.42 Å². The zero-order chi connectivity index (χ0) is 38.2. The van der Waals surface area contributed by atoms with Crippen molar-refractivity contribution < 1.29 is 24.2 Å². The van der Waals surface area contributed by atoms with Gasteiger partial charge in [0, 0.05) is 13.3 Å². The van der Waals surface area contributed by atoms with Crippen LogP contribution in [0.25, 0.3) is 0 Å². The zero-order valence-corrected chi connectivity index (χ0v) is 34.4. The summed E-state index contributed by atoms with van der Waals surface area (Å²) in [4.78, 5) is 36.1. The average Bonchev–Trinajstić information content (AvgIpc) is 3.12. The molecule has 3 N–H and O–H groups in total. The van der Waals surface area contributed by atoms with Crippen molar-refractivity contribution in [2.45, 2.75) is 239 Å². The number of aliphatic hydroxyl groups is 1. The number of amides is 2. The van der Waals surface area contributed by atoms with Crippen LogP contribution in [-0.2, 0) is 19.1 Å². The van der Waals surface area contributed by atoms with Crippen molar-refractivity contribution in [2.24, 2.45) is 0 Å². The van der Waals surface area contributed by atoms with Crippen molar-refractivity contribution in [2.75, 3.05) is 6.54 Å². The number of nitrogens with one attached hydrogen (secondary N) is 2. The van der Waals surface area contributed by atoms with Gasteiger partial charge in [0.05, 0.1) is 0 Å². The normalized spacial score (nSPS) is 12.8. The maximum absolute atomic E-state index is 12.7. The number of hydrogen-bond donors (Lipinski definition) is 3. The molecule has 2 amide bonds. The quantitative estimate of drug-likeness (QED) is 0.0253. The predicted molar refractivity (Wildman–Crippen MR) is 220 cm³/mol. The van der Waals surface area contributed by atoms with Gasteiger partial charge in [0.15, 0.2) is 0 Å². The van der Waals surface area contributed by atoms with E-state index in [1.165, 1.54) is 167 Å². The van der Waals surface area contributed by atoms with Gasteiger partial charge in [0.25, 0.3) is 0 Å². The number of carbonyl (C=O) groups is 3. The summed E-state index contributed by atoms with van der Waals surface area (Å²) in [5.41, 5.74) is 0. The molecular formula is C45H84N2O5. The molecule has 0 aliphatic carbocycles. The van der Waals surface area contributed by atoms with Crippen molar-refractivity contribution in [1.29, 1.82) is 0 Å². The van der Waals surface area contributed by atoms with Crippen molar-refractivity contribution in [3.63, 3.8) is 0 Å². The molecule has 0 rings (SSSR count). The van der Waals surface area contributed by atoms with Gasteiger partial charge in [-0.1, -0.05) is 192 Å². The van der Waals surface area contributed by atoms with Gasteiger partial charge in [0.1, 0.15) is 12.6 Å². The number of allylic oxidation sites excluding steroid dienone is 3. The van der Waals surface area contributed by atoms with E-state index in [1.807, 2.05) is 6.08 Å². The first-order valence-corrected chi connectivity index (χ1v) is 22.1. The van der Waals surface area contributed by atoms with E-state index in [9.17, 15) is 19.5 Å². The van der Waals surface area contributed by atoms with Gasteiger partial charge in [-0.2, -0.15) is 0 Å². The molecule has 0 saturated carbocycles. The molecule has 0 aromatic heterocycles. The van der Waals surface area contributed by atoms with Crippen LogP contribution in [0, 0.1) is 0 Å². The molecule has 0 aromatic carbocycles. The van der Waals surface area contributed by atoms with Gasteiger partial charge < -0.3 is 20.5 Å². The van der Waals surface area contributed by atoms with Gasteiger partial charge in [-0.3, -0.25) is 14.4 Å². The molecule has 0 aliphatic heterocycles. The third kappa shape index (κ3) is 37.6. The fourth-order valence-electron chi connectivity index (χ4n) is 6.48. The smallest absolute Gasteiger partial charge is 0.327 e. The minimum Gasteiger partial charge on any atom is -0.437 e. The SMILES string of the molecule is CCCCCCCC/C=C\CCCCCCCCCCCCCC(=O)N[C@@H](OC(=O)CNC(C)=O)[C@H](O)/C=C/CCCCCCCCCCCCC. The van der Waals surface area contributed by atoms with Crippen LogP contribution in [0.2, 0.25) is 0 Å². The largest absolute Gasteiger partial charge is 0.437 e. The number of esters is 1. The topological polar surface area (TPSA) is 105 Å². The summed E-state index contributed by atoms with van der Waals surface area (Å²) >= 11 is 0. The third-order valence-corrected chi connectivity index (χ3v) is 9.83. The van der Waals surface area contributed by atoms with Gasteiger partial charge in [0.2, 0.25) is 18.0 Å². The van der Waals surface area contributed by atoms with Gasteiger partial charge in [-0.25, -0.2) is 0 Å². The number of rotatable bonds is 39. The van der Waals surface area contributed by atoms with E-state index in [-0.39, 0.29) is 18.4 Å². The maximum atomic E-state index is 12.7. The molecule has 0 spiro atoms. The fraction of sp³-hybridized carbons (Fsp3) is 0.844. The molecule has 7 nitrogen and oxygen atoms in total. The molecule has 0 aromatic rings. The van der Waals surface area contributed by atoms with Crippen LogP contribution in [-0.4, -0.2) is 41.8 Å². The van der Waals surface area contributed by atoms with Crippen molar-refractivity contribution in [3.8, 4) is 0 Å². The van der Waals surface area contributed by atoms with Crippen LogP contribution in [0.5, 0.6) is 0 Å². The standard InChI is InChI=1S/C45H84N2O5/c1-4-6-8-10-12-14-16-18-19-20-21-22-23-24-25-27-29-31-33-35-37-39-43(50)47-45(52-44(51)40-46-41(3)48)42(49)38-36-34-32-30-28-26-17-15-13-11-9-7-5-2/h18-19,36,38,42,45,49H,4-17,20-35,37,39-40H2,1-3H3,(H,46,48)(H,47,50)/b19-18-,38-36+/t42-,45+/m1/s1. The summed E-state index contributed by atoms with van der Waals surface area (Å²) in [6.45, 7) is 5.53. The summed E-state index contributed by atoms with van der Waals surface area (Å²) < 4.78 is 5.36. The molecule has 0 heterocycles. The lowest BCUT2D eigenvalue weighted by atomic mass is 10.0. The lowest BCUT2D eigenvalue weighted by Crippen LogP contribution is -2.47. The monoisotopic (exact) mass is 733 g/mol. The summed E-state index contributed by atoms with van der Waals surface area (Å²) in [5, 5.41) is 15.8. The van der Waals surface area contributed by atoms with Gasteiger partial charge in [-0.05, 0) is 44.9 Å². The Morgan fingerprint density at radius 1 is 0.538 bits per heavy atom. The average molecular weight is 733 g/mol. The highest BCUT2D eigenvalue weighted by molar-refractivity contribution is 5.81. The molecule has 0 fully saturated rings. The van der Waals surface area contributed by atoms with Crippen LogP contribution in [0.3, 0.4) is 0 Å². The Morgan fingerprint density at radius 3 is 1.31 bits per heavy atom. The van der Waals surface area contributed by atoms with E-state index in [4.69, 9.17) is 4.74 Å². The highest BCUT2D eigenvalue weighted by atomic mass is 16.6. The van der Waals surface area contributed by atoms with Crippen LogP contribution in [0.15, 0.2) is 24.3 Å². The third-order valence-electron chi connectivity index (χ3n) is 9.83. The Balaban J connectivity index is 4.05. The number of carbonyl (C=O) groups excluding carboxylic acids is 3. The number of ether oxygens (including phenoxy) is 1. The Labute approximate surface area is 321 Å². The summed E-state index contributed by atoms with van der Waals surface area (Å²) in [5.74, 6) is -1.30. The minimum absolute atomic E-state index is 0.247. The van der Waals surface area contributed by atoms with E-state index in [2.05, 4.69) is 36.6 Å². The Kier molecular flexibility index (Phi) is 38.4. The second-order valence-electron chi connectivity index (χ2n) is 15.1. The molecule has 304 valence electrons.